The molecule has 0 aromatic heterocycles. The first-order valence-corrected chi connectivity index (χ1v) is 53.0. The van der Waals surface area contributed by atoms with Crippen molar-refractivity contribution >= 4 is 71.4 Å². The van der Waals surface area contributed by atoms with E-state index in [9.17, 15) is 67.7 Å². The Labute approximate surface area is 802 Å². The Morgan fingerprint density at radius 2 is 0.591 bits per heavy atom. The van der Waals surface area contributed by atoms with Crippen LogP contribution in [0, 0.1) is 45.8 Å². The highest BCUT2D eigenvalue weighted by atomic mass is 16.6. The first kappa shape index (κ1) is 128. The van der Waals surface area contributed by atoms with Crippen LogP contribution in [0.5, 0.6) is 0 Å². The van der Waals surface area contributed by atoms with Crippen molar-refractivity contribution < 1.29 is 96.2 Å². The van der Waals surface area contributed by atoms with Crippen LogP contribution in [0.25, 0.3) is 0 Å². The Balaban J connectivity index is 0. The highest BCUT2D eigenvalue weighted by Gasteiger charge is 2.56. The van der Waals surface area contributed by atoms with Crippen LogP contribution in [0.15, 0.2) is 0 Å². The summed E-state index contributed by atoms with van der Waals surface area (Å²) in [5.74, 6) is -9.05. The number of hydrogen-bond donors (Lipinski definition) is 6. The number of aliphatic carboxylic acids is 2. The highest BCUT2D eigenvalue weighted by Crippen LogP contribution is 2.50. The molecule has 0 aliphatic heterocycles. The number of nitrogens with zero attached hydrogens (tertiary/aromatic N) is 2. The van der Waals surface area contributed by atoms with E-state index in [2.05, 4.69) is 76.7 Å². The lowest BCUT2D eigenvalue weighted by atomic mass is 9.57. The average Bonchev–Trinajstić information content (AvgIpc) is 0.754. The number of esters is 6. The van der Waals surface area contributed by atoms with E-state index in [0.29, 0.717) is 38.7 Å². The molecule has 4 amide bonds. The molecule has 0 fully saturated rings. The maximum absolute atomic E-state index is 14.7. The predicted molar refractivity (Wildman–Crippen MR) is 530 cm³/mol. The topological polar surface area (TPSA) is 355 Å². The molecule has 26 nitrogen and oxygen atoms in total. The minimum atomic E-state index is -1.86. The van der Waals surface area contributed by atoms with Crippen LogP contribution < -0.4 is 21.3 Å². The number of ether oxygens (including phenoxy) is 6. The second-order valence-electron chi connectivity index (χ2n) is 39.9. The third-order valence-corrected chi connectivity index (χ3v) is 25.4. The molecule has 26 heteroatoms. The lowest BCUT2D eigenvalue weighted by Gasteiger charge is -2.46. The predicted octanol–water partition coefficient (Wildman–Crippen LogP) is 22.3. The first-order chi connectivity index (χ1) is 63.2. The summed E-state index contributed by atoms with van der Waals surface area (Å²) in [6, 6.07) is 0. The average molecular weight is 1880 g/mol. The summed E-state index contributed by atoms with van der Waals surface area (Å²) in [5, 5.41) is 32.5. The van der Waals surface area contributed by atoms with Gasteiger partial charge in [-0.05, 0) is 110 Å². The van der Waals surface area contributed by atoms with Crippen LogP contribution in [0.4, 0.5) is 0 Å². The minimum Gasteiger partial charge on any atom is -0.481 e. The standard InChI is InChI=1S/2C53H99N3O10/c1-9-13-17-21-23-27-32-44(30-25-19-15-11-3)41-63-47(58)34-29-35-48(59)66-51(52(62)55-37-36-46(57)54-38-39-56(7)8)53(5,6)43-65-50(61)40-49(60)64-42-45(31-26-20-16-12-4)33-28-24-22-18-14-10-2;1-9-13-17-21-23-27-30-43(29-25-19-15-11-3)40-53(51(63)64,35-33-46(58)59)49(50(62)55-36-34-45(57)54-37-38-56(7)8)52(5,6)42-66-48(61)39-47(60)65-41-44(31-26-20-16-12-4)32-28-24-22-18-14-10-2/h44-45,51H,9-43H2,1-8H3,(H,54,57)(H,55,62);43-44,49H,9-42H2,1-8H3,(H,54,57)(H,55,62)(H,58,59)(H,63,64). The molecule has 772 valence electrons. The van der Waals surface area contributed by atoms with E-state index >= 15 is 0 Å². The van der Waals surface area contributed by atoms with Crippen molar-refractivity contribution in [1.29, 1.82) is 0 Å². The van der Waals surface area contributed by atoms with Gasteiger partial charge in [-0.1, -0.05) is 353 Å². The maximum atomic E-state index is 14.7. The SMILES string of the molecule is CCCCCCCCC(CCCCCC)COC(=O)CC(=O)OCC(C)(C)C(C(=O)NCCC(=O)NCCN(C)C)C(CCC(=O)O)(CC(CCCCCC)CCCCCCCC)C(=O)O.CCCCCCCCC(CCCCCC)COC(=O)CCCC(=O)OC(C(=O)NCCC(=O)NCCN(C)C)C(C)(C)COC(=O)CC(=O)OCC(CCCCCC)CCCCCCCC. The van der Waals surface area contributed by atoms with Crippen LogP contribution in [-0.2, 0) is 86.0 Å². The molecular formula is C106H198N6O20. The molecule has 0 saturated heterocycles. The van der Waals surface area contributed by atoms with E-state index in [1.54, 1.807) is 27.7 Å². The van der Waals surface area contributed by atoms with Gasteiger partial charge in [-0.2, -0.15) is 0 Å². The zero-order valence-corrected chi connectivity index (χ0v) is 86.9. The Morgan fingerprint density at radius 3 is 0.917 bits per heavy atom. The molecule has 0 heterocycles. The number of amides is 4. The minimum absolute atomic E-state index is 0.00879. The molecule has 0 aromatic rings. The third kappa shape index (κ3) is 71.1. The number of carboxylic acid groups (broad SMARTS) is 2. The summed E-state index contributed by atoms with van der Waals surface area (Å²) >= 11 is 0. The van der Waals surface area contributed by atoms with Gasteiger partial charge in [0.15, 0.2) is 6.10 Å². The molecular weight excluding hydrogens is 1680 g/mol. The second kappa shape index (κ2) is 83.9. The first-order valence-electron chi connectivity index (χ1n) is 53.0. The van der Waals surface area contributed by atoms with Gasteiger partial charge in [0.25, 0.3) is 5.91 Å². The molecule has 7 unspecified atom stereocenters. The largest absolute Gasteiger partial charge is 0.481 e. The summed E-state index contributed by atoms with van der Waals surface area (Å²) in [6.07, 6.45) is 49.8. The Morgan fingerprint density at radius 1 is 0.303 bits per heavy atom. The van der Waals surface area contributed by atoms with E-state index < -0.39 is 108 Å². The van der Waals surface area contributed by atoms with Gasteiger partial charge >= 0.3 is 47.8 Å². The quantitative estimate of drug-likeness (QED) is 0.0143. The summed E-state index contributed by atoms with van der Waals surface area (Å²) < 4.78 is 33.9. The third-order valence-electron chi connectivity index (χ3n) is 25.4. The summed E-state index contributed by atoms with van der Waals surface area (Å²) in [4.78, 5) is 162. The van der Waals surface area contributed by atoms with Crippen LogP contribution >= 0.6 is 0 Å². The zero-order chi connectivity index (χ0) is 98.9. The second-order valence-corrected chi connectivity index (χ2v) is 39.9. The molecule has 0 aliphatic rings. The summed E-state index contributed by atoms with van der Waals surface area (Å²) in [7, 11) is 7.59. The number of nitrogens with one attached hydrogen (secondary N) is 4. The van der Waals surface area contributed by atoms with Gasteiger partial charge < -0.3 is 69.7 Å². The number of hydrogen-bond acceptors (Lipinski definition) is 20. The van der Waals surface area contributed by atoms with E-state index in [1.165, 1.54) is 109 Å². The zero-order valence-electron chi connectivity index (χ0n) is 86.9. The van der Waals surface area contributed by atoms with Crippen LogP contribution in [0.2, 0.25) is 0 Å². The van der Waals surface area contributed by atoms with Crippen LogP contribution in [0.3, 0.4) is 0 Å². The fourth-order valence-corrected chi connectivity index (χ4v) is 17.2. The monoisotopic (exact) mass is 1880 g/mol. The molecule has 0 aromatic carbocycles. The van der Waals surface area contributed by atoms with Gasteiger partial charge in [-0.3, -0.25) is 57.5 Å². The number of rotatable bonds is 90. The Bertz CT molecular complexity index is 2990. The van der Waals surface area contributed by atoms with Gasteiger partial charge in [-0.15, -0.1) is 0 Å². The van der Waals surface area contributed by atoms with E-state index in [0.717, 1.165) is 199 Å². The van der Waals surface area contributed by atoms with Gasteiger partial charge in [0.2, 0.25) is 17.7 Å². The summed E-state index contributed by atoms with van der Waals surface area (Å²) in [6.45, 7) is 26.3. The van der Waals surface area contributed by atoms with Crippen LogP contribution in [-0.4, -0.2) is 198 Å². The number of carbonyl (C=O) groups is 12. The molecule has 132 heavy (non-hydrogen) atoms. The fourth-order valence-electron chi connectivity index (χ4n) is 17.2. The van der Waals surface area contributed by atoms with Crippen molar-refractivity contribution in [3.8, 4) is 0 Å². The normalized spacial score (nSPS) is 13.4. The highest BCUT2D eigenvalue weighted by molar-refractivity contribution is 5.92. The van der Waals surface area contributed by atoms with Crippen LogP contribution in [0.1, 0.15) is 455 Å². The van der Waals surface area contributed by atoms with Crippen molar-refractivity contribution in [2.45, 2.75) is 462 Å². The lowest BCUT2D eigenvalue weighted by molar-refractivity contribution is -0.171. The van der Waals surface area contributed by atoms with Gasteiger partial charge in [0, 0.05) is 82.2 Å². The number of carboxylic acids is 2. The number of unbranched alkanes of at least 4 members (excludes halogenated alkanes) is 32. The molecule has 0 bridgehead atoms. The van der Waals surface area contributed by atoms with E-state index in [4.69, 9.17) is 28.4 Å². The number of carbonyl (C=O) groups excluding carboxylic acids is 10. The molecule has 0 spiro atoms. The molecule has 0 rings (SSSR count). The van der Waals surface area contributed by atoms with Gasteiger partial charge in [-0.25, -0.2) is 0 Å². The molecule has 0 aliphatic carbocycles. The molecule has 0 radical (unpaired) electrons. The smallest absolute Gasteiger partial charge is 0.317 e. The van der Waals surface area contributed by atoms with E-state index in [1.807, 2.05) is 38.0 Å². The fraction of sp³-hybridized carbons (Fsp3) is 0.887. The van der Waals surface area contributed by atoms with E-state index in [-0.39, 0.29) is 113 Å². The van der Waals surface area contributed by atoms with Crippen molar-refractivity contribution in [2.24, 2.45) is 45.8 Å². The van der Waals surface area contributed by atoms with Gasteiger partial charge in [0.05, 0.1) is 37.8 Å². The maximum Gasteiger partial charge on any atom is 0.317 e. The summed E-state index contributed by atoms with van der Waals surface area (Å²) in [5.41, 5.74) is -4.43. The molecule has 7 atom stereocenters. The molecule has 0 saturated carbocycles. The number of likely N-dealkylation sites (N-methyl/N-ethyl adjacent to an activating group) is 2. The molecule has 6 N–H and O–H groups in total. The lowest BCUT2D eigenvalue weighted by Crippen LogP contribution is -2.55. The Hall–Kier alpha value is -6.44. The van der Waals surface area contributed by atoms with Crippen molar-refractivity contribution in [2.75, 3.05) is 100 Å². The van der Waals surface area contributed by atoms with Crippen molar-refractivity contribution in [3.05, 3.63) is 0 Å². The van der Waals surface area contributed by atoms with Crippen molar-refractivity contribution in [1.82, 2.24) is 31.1 Å². The Kier molecular flexibility index (Phi) is 81.1. The van der Waals surface area contributed by atoms with Crippen molar-refractivity contribution in [3.63, 3.8) is 0 Å². The van der Waals surface area contributed by atoms with Gasteiger partial charge in [0.1, 0.15) is 19.4 Å².